The second kappa shape index (κ2) is 11.6. The molecular weight excluding hydrogens is 548 g/mol. The van der Waals surface area contributed by atoms with E-state index in [1.165, 1.54) is 16.9 Å². The molecule has 5 heterocycles. The number of nitrogens with one attached hydrogen (secondary N) is 1. The Bertz CT molecular complexity index is 1540. The zero-order valence-electron chi connectivity index (χ0n) is 25.1. The highest BCUT2D eigenvalue weighted by Gasteiger charge is 2.49. The number of hydrogen-bond donors (Lipinski definition) is 1. The van der Waals surface area contributed by atoms with Crippen LogP contribution in [0.5, 0.6) is 0 Å². The lowest BCUT2D eigenvalue weighted by Crippen LogP contribution is -2.56. The number of piperidine rings is 1. The summed E-state index contributed by atoms with van der Waals surface area (Å²) >= 11 is 0. The molecule has 1 saturated carbocycles. The van der Waals surface area contributed by atoms with Gasteiger partial charge >= 0.3 is 6.09 Å². The van der Waals surface area contributed by atoms with Crippen molar-refractivity contribution in [3.05, 3.63) is 64.8 Å². The molecule has 6 rings (SSSR count). The number of anilines is 2. The fourth-order valence-electron chi connectivity index (χ4n) is 6.00. The van der Waals surface area contributed by atoms with Gasteiger partial charge in [0.1, 0.15) is 22.5 Å². The number of pyridine rings is 2. The Morgan fingerprint density at radius 2 is 1.95 bits per heavy atom. The Labute approximate surface area is 251 Å². The molecule has 1 aliphatic carbocycles. The van der Waals surface area contributed by atoms with E-state index in [1.54, 1.807) is 30.6 Å². The molecule has 3 aromatic rings. The fraction of sp³-hybridized carbons (Fsp3) is 0.531. The van der Waals surface area contributed by atoms with Crippen LogP contribution in [0.3, 0.4) is 0 Å². The summed E-state index contributed by atoms with van der Waals surface area (Å²) < 4.78 is 12.7. The third kappa shape index (κ3) is 6.08. The summed E-state index contributed by atoms with van der Waals surface area (Å²) in [6.45, 7) is 8.40. The summed E-state index contributed by atoms with van der Waals surface area (Å²) in [7, 11) is 0. The van der Waals surface area contributed by atoms with Crippen LogP contribution in [0.2, 0.25) is 0 Å². The predicted molar refractivity (Wildman–Crippen MR) is 162 cm³/mol. The number of fused-ring (bicyclic) bond motifs is 1. The zero-order chi connectivity index (χ0) is 30.2. The summed E-state index contributed by atoms with van der Waals surface area (Å²) in [5.41, 5.74) is 0.206. The van der Waals surface area contributed by atoms with Gasteiger partial charge < -0.3 is 24.6 Å². The van der Waals surface area contributed by atoms with Gasteiger partial charge in [0.25, 0.3) is 5.56 Å². The summed E-state index contributed by atoms with van der Waals surface area (Å²) in [6.07, 6.45) is 8.63. The molecule has 228 valence electrons. The predicted octanol–water partition coefficient (Wildman–Crippen LogP) is 4.00. The second-order valence-corrected chi connectivity index (χ2v) is 13.0. The van der Waals surface area contributed by atoms with Gasteiger partial charge in [-0.3, -0.25) is 19.0 Å². The van der Waals surface area contributed by atoms with Crippen LogP contribution in [0.25, 0.3) is 5.65 Å². The first-order valence-electron chi connectivity index (χ1n) is 15.2. The Balaban J connectivity index is 1.16. The molecule has 43 heavy (non-hydrogen) atoms. The minimum atomic E-state index is -0.969. The standard InChI is InChI=1S/C32H40N6O5/c1-31(2,3)43-30(41)38(18-22-8-6-9-22)24-10-7-14-36(19-24)23-12-13-25(33-17-23)32(20-42-21-32)29(40)35-26-16-28(39)37-15-5-4-11-27(37)34-26/h4-5,11-13,15-17,22,24H,6-10,14,18-21H2,1-3H3,(H,35,40)/t24-/m1/s1. The van der Waals surface area contributed by atoms with E-state index >= 15 is 0 Å². The lowest BCUT2D eigenvalue weighted by molar-refractivity contribution is -0.140. The molecule has 2 amide bonds. The molecule has 1 N–H and O–H groups in total. The van der Waals surface area contributed by atoms with Crippen molar-refractivity contribution >= 4 is 29.2 Å². The van der Waals surface area contributed by atoms with Crippen LogP contribution in [0.15, 0.2) is 53.6 Å². The summed E-state index contributed by atoms with van der Waals surface area (Å²) in [4.78, 5) is 52.6. The van der Waals surface area contributed by atoms with Crippen molar-refractivity contribution < 1.29 is 19.1 Å². The molecule has 0 spiro atoms. The molecule has 0 bridgehead atoms. The van der Waals surface area contributed by atoms with Crippen molar-refractivity contribution in [1.82, 2.24) is 19.3 Å². The van der Waals surface area contributed by atoms with Gasteiger partial charge in [0.2, 0.25) is 5.91 Å². The van der Waals surface area contributed by atoms with Crippen molar-refractivity contribution in [3.63, 3.8) is 0 Å². The normalized spacial score (nSPS) is 20.2. The van der Waals surface area contributed by atoms with Gasteiger partial charge in [-0.25, -0.2) is 9.78 Å². The number of carbonyl (C=O) groups is 2. The number of nitrogens with zero attached hydrogens (tertiary/aromatic N) is 5. The quantitative estimate of drug-likeness (QED) is 0.440. The van der Waals surface area contributed by atoms with Crippen molar-refractivity contribution in [2.45, 2.75) is 69.9 Å². The van der Waals surface area contributed by atoms with Gasteiger partial charge in [0, 0.05) is 31.9 Å². The molecule has 3 aliphatic rings. The van der Waals surface area contributed by atoms with E-state index in [4.69, 9.17) is 14.5 Å². The van der Waals surface area contributed by atoms with Crippen LogP contribution >= 0.6 is 0 Å². The Hall–Kier alpha value is -3.99. The monoisotopic (exact) mass is 588 g/mol. The van der Waals surface area contributed by atoms with Crippen molar-refractivity contribution in [1.29, 1.82) is 0 Å². The van der Waals surface area contributed by atoms with Gasteiger partial charge in [0.05, 0.1) is 36.8 Å². The number of ether oxygens (including phenoxy) is 2. The Morgan fingerprint density at radius 3 is 2.60 bits per heavy atom. The van der Waals surface area contributed by atoms with E-state index in [1.807, 2.05) is 37.8 Å². The molecule has 0 radical (unpaired) electrons. The molecule has 0 aromatic carbocycles. The summed E-state index contributed by atoms with van der Waals surface area (Å²) in [6, 6.07) is 10.5. The first kappa shape index (κ1) is 29.1. The average Bonchev–Trinajstić information content (AvgIpc) is 2.91. The van der Waals surface area contributed by atoms with Crippen LogP contribution in [-0.2, 0) is 19.7 Å². The van der Waals surface area contributed by atoms with Crippen molar-refractivity contribution in [2.75, 3.05) is 43.1 Å². The molecule has 3 fully saturated rings. The largest absolute Gasteiger partial charge is 0.444 e. The molecule has 11 nitrogen and oxygen atoms in total. The lowest BCUT2D eigenvalue weighted by Gasteiger charge is -2.43. The van der Waals surface area contributed by atoms with Gasteiger partial charge in [-0.15, -0.1) is 0 Å². The van der Waals surface area contributed by atoms with Crippen LogP contribution in [0.4, 0.5) is 16.3 Å². The number of rotatable bonds is 7. The van der Waals surface area contributed by atoms with E-state index in [0.29, 0.717) is 23.8 Å². The van der Waals surface area contributed by atoms with E-state index in [0.717, 1.165) is 44.5 Å². The molecule has 2 saturated heterocycles. The Morgan fingerprint density at radius 1 is 1.14 bits per heavy atom. The third-order valence-electron chi connectivity index (χ3n) is 8.69. The maximum Gasteiger partial charge on any atom is 0.410 e. The van der Waals surface area contributed by atoms with Gasteiger partial charge in [-0.05, 0) is 76.6 Å². The van der Waals surface area contributed by atoms with Gasteiger partial charge in [0.15, 0.2) is 0 Å². The first-order chi connectivity index (χ1) is 20.6. The lowest BCUT2D eigenvalue weighted by atomic mass is 9.81. The van der Waals surface area contributed by atoms with E-state index in [-0.39, 0.29) is 42.6 Å². The van der Waals surface area contributed by atoms with Crippen molar-refractivity contribution in [2.24, 2.45) is 5.92 Å². The minimum absolute atomic E-state index is 0.0551. The summed E-state index contributed by atoms with van der Waals surface area (Å²) in [5, 5.41) is 2.82. The van der Waals surface area contributed by atoms with Crippen LogP contribution in [0.1, 0.15) is 58.6 Å². The smallest absolute Gasteiger partial charge is 0.410 e. The van der Waals surface area contributed by atoms with Crippen LogP contribution < -0.4 is 15.8 Å². The van der Waals surface area contributed by atoms with E-state index < -0.39 is 11.0 Å². The SMILES string of the molecule is CC(C)(C)OC(=O)N(CC1CCC1)[C@@H]1CCCN(c2ccc(C3(C(=O)Nc4cc(=O)n5ccccc5n4)COC3)nc2)C1. The highest BCUT2D eigenvalue weighted by molar-refractivity contribution is 5.99. The van der Waals surface area contributed by atoms with E-state index in [2.05, 4.69) is 15.2 Å². The molecule has 2 aliphatic heterocycles. The number of aromatic nitrogens is 3. The average molecular weight is 589 g/mol. The van der Waals surface area contributed by atoms with Crippen molar-refractivity contribution in [3.8, 4) is 0 Å². The van der Waals surface area contributed by atoms with Crippen LogP contribution in [0, 0.1) is 5.92 Å². The summed E-state index contributed by atoms with van der Waals surface area (Å²) in [5.74, 6) is 0.424. The number of carbonyl (C=O) groups excluding carboxylic acids is 2. The maximum atomic E-state index is 13.5. The Kier molecular flexibility index (Phi) is 7.85. The van der Waals surface area contributed by atoms with Gasteiger partial charge in [-0.1, -0.05) is 12.5 Å². The minimum Gasteiger partial charge on any atom is -0.444 e. The molecule has 11 heteroatoms. The molecular formula is C32H40N6O5. The second-order valence-electron chi connectivity index (χ2n) is 13.0. The third-order valence-corrected chi connectivity index (χ3v) is 8.69. The fourth-order valence-corrected chi connectivity index (χ4v) is 6.00. The topological polar surface area (TPSA) is 118 Å². The maximum absolute atomic E-state index is 13.5. The number of hydrogen-bond acceptors (Lipinski definition) is 8. The molecule has 1 atom stereocenters. The zero-order valence-corrected chi connectivity index (χ0v) is 25.1. The molecule has 0 unspecified atom stereocenters. The highest BCUT2D eigenvalue weighted by atomic mass is 16.6. The number of amides is 2. The van der Waals surface area contributed by atoms with Crippen LogP contribution in [-0.4, -0.2) is 75.8 Å². The first-order valence-corrected chi connectivity index (χ1v) is 15.2. The van der Waals surface area contributed by atoms with E-state index in [9.17, 15) is 14.4 Å². The molecule has 3 aromatic heterocycles. The highest BCUT2D eigenvalue weighted by Crippen LogP contribution is 2.34. The van der Waals surface area contributed by atoms with Gasteiger partial charge in [-0.2, -0.15) is 0 Å².